The van der Waals surface area contributed by atoms with E-state index in [0.29, 0.717) is 28.8 Å². The number of hydrogen-bond donors (Lipinski definition) is 0. The topological polar surface area (TPSA) is 64.4 Å². The zero-order chi connectivity index (χ0) is 22.7. The second-order valence-electron chi connectivity index (χ2n) is 7.81. The molecule has 0 atom stereocenters. The van der Waals surface area contributed by atoms with Crippen LogP contribution in [-0.2, 0) is 6.54 Å². The predicted octanol–water partition coefficient (Wildman–Crippen LogP) is 4.83. The molecule has 4 rings (SSSR count). The van der Waals surface area contributed by atoms with Crippen molar-refractivity contribution in [1.82, 2.24) is 9.78 Å². The summed E-state index contributed by atoms with van der Waals surface area (Å²) in [5.41, 5.74) is 1.75. The number of rotatable bonds is 6. The molecule has 0 saturated carbocycles. The Morgan fingerprint density at radius 1 is 0.938 bits per heavy atom. The van der Waals surface area contributed by atoms with Gasteiger partial charge in [0, 0.05) is 11.1 Å². The normalized spacial score (nSPS) is 11.0. The Balaban J connectivity index is 1.87. The van der Waals surface area contributed by atoms with Crippen molar-refractivity contribution in [3.05, 3.63) is 100 Å². The lowest BCUT2D eigenvalue weighted by Gasteiger charge is -2.24. The van der Waals surface area contributed by atoms with Gasteiger partial charge in [0.25, 0.3) is 11.5 Å². The van der Waals surface area contributed by atoms with Crippen molar-refractivity contribution in [2.45, 2.75) is 26.4 Å². The first kappa shape index (κ1) is 21.3. The summed E-state index contributed by atoms with van der Waals surface area (Å²) < 4.78 is 6.65. The highest BCUT2D eigenvalue weighted by molar-refractivity contribution is 6.12. The Labute approximate surface area is 186 Å². The number of carbonyl (C=O) groups excluding carboxylic acids is 1. The van der Waals surface area contributed by atoms with Crippen molar-refractivity contribution in [2.24, 2.45) is 0 Å². The number of amides is 1. The van der Waals surface area contributed by atoms with Crippen molar-refractivity contribution in [1.29, 1.82) is 0 Å². The molecule has 0 fully saturated rings. The summed E-state index contributed by atoms with van der Waals surface area (Å²) in [6.07, 6.45) is 0. The second kappa shape index (κ2) is 9.06. The van der Waals surface area contributed by atoms with Crippen LogP contribution in [0.1, 0.15) is 35.9 Å². The van der Waals surface area contributed by atoms with Gasteiger partial charge in [-0.05, 0) is 49.7 Å². The molecule has 0 spiro atoms. The van der Waals surface area contributed by atoms with Crippen LogP contribution in [-0.4, -0.2) is 22.8 Å². The van der Waals surface area contributed by atoms with Crippen molar-refractivity contribution in [3.8, 4) is 5.75 Å². The van der Waals surface area contributed by atoms with Gasteiger partial charge in [-0.15, -0.1) is 0 Å². The molecule has 0 aliphatic carbocycles. The molecule has 0 unspecified atom stereocenters. The SMILES string of the molecule is COc1ccc(N(Cc2ccccc2)C(=O)c2nn(C(C)C)c(=O)c3ccccc23)cc1. The number of nitrogens with zero attached hydrogens (tertiary/aromatic N) is 3. The smallest absolute Gasteiger partial charge is 0.279 e. The largest absolute Gasteiger partial charge is 0.497 e. The average Bonchev–Trinajstić information content (AvgIpc) is 2.83. The van der Waals surface area contributed by atoms with Crippen LogP contribution < -0.4 is 15.2 Å². The lowest BCUT2D eigenvalue weighted by Crippen LogP contribution is -2.34. The van der Waals surface area contributed by atoms with Gasteiger partial charge in [-0.3, -0.25) is 9.59 Å². The molecule has 0 radical (unpaired) electrons. The minimum absolute atomic E-state index is 0.179. The summed E-state index contributed by atoms with van der Waals surface area (Å²) in [7, 11) is 1.60. The third-order valence-electron chi connectivity index (χ3n) is 5.33. The van der Waals surface area contributed by atoms with E-state index in [2.05, 4.69) is 5.10 Å². The Morgan fingerprint density at radius 3 is 2.19 bits per heavy atom. The highest BCUT2D eigenvalue weighted by atomic mass is 16.5. The first-order valence-electron chi connectivity index (χ1n) is 10.5. The molecule has 1 heterocycles. The number of carbonyl (C=O) groups is 1. The van der Waals surface area contributed by atoms with E-state index >= 15 is 0 Å². The van der Waals surface area contributed by atoms with Crippen LogP contribution in [0.15, 0.2) is 83.7 Å². The minimum Gasteiger partial charge on any atom is -0.497 e. The van der Waals surface area contributed by atoms with E-state index in [1.54, 1.807) is 30.2 Å². The van der Waals surface area contributed by atoms with E-state index in [1.807, 2.05) is 74.5 Å². The van der Waals surface area contributed by atoms with E-state index in [1.165, 1.54) is 4.68 Å². The van der Waals surface area contributed by atoms with Gasteiger partial charge < -0.3 is 9.64 Å². The maximum Gasteiger partial charge on any atom is 0.279 e. The standard InChI is InChI=1S/C26H25N3O3/c1-18(2)29-25(30)23-12-8-7-11-22(23)24(27-29)26(31)28(17-19-9-5-4-6-10-19)20-13-15-21(32-3)16-14-20/h4-16,18H,17H2,1-3H3. The lowest BCUT2D eigenvalue weighted by molar-refractivity contribution is 0.0979. The molecule has 0 aliphatic rings. The quantitative estimate of drug-likeness (QED) is 0.442. The summed E-state index contributed by atoms with van der Waals surface area (Å²) >= 11 is 0. The Kier molecular flexibility index (Phi) is 6.03. The lowest BCUT2D eigenvalue weighted by atomic mass is 10.1. The Hall–Kier alpha value is -3.93. The predicted molar refractivity (Wildman–Crippen MR) is 126 cm³/mol. The third-order valence-corrected chi connectivity index (χ3v) is 5.33. The number of fused-ring (bicyclic) bond motifs is 1. The maximum atomic E-state index is 13.9. The molecule has 6 nitrogen and oxygen atoms in total. The van der Waals surface area contributed by atoms with Gasteiger partial charge in [-0.25, -0.2) is 4.68 Å². The summed E-state index contributed by atoms with van der Waals surface area (Å²) in [5.74, 6) is 0.433. The third kappa shape index (κ3) is 4.12. The first-order chi connectivity index (χ1) is 15.5. The van der Waals surface area contributed by atoms with Crippen LogP contribution >= 0.6 is 0 Å². The fraction of sp³-hybridized carbons (Fsp3) is 0.192. The number of methoxy groups -OCH3 is 1. The number of ether oxygens (including phenoxy) is 1. The van der Waals surface area contributed by atoms with Gasteiger partial charge in [-0.2, -0.15) is 5.10 Å². The van der Waals surface area contributed by atoms with E-state index < -0.39 is 0 Å². The van der Waals surface area contributed by atoms with Gasteiger partial charge in [0.2, 0.25) is 0 Å². The van der Waals surface area contributed by atoms with Crippen molar-refractivity contribution in [2.75, 3.05) is 12.0 Å². The monoisotopic (exact) mass is 427 g/mol. The van der Waals surface area contributed by atoms with E-state index in [9.17, 15) is 9.59 Å². The van der Waals surface area contributed by atoms with Gasteiger partial charge in [0.05, 0.1) is 25.1 Å². The minimum atomic E-state index is -0.274. The average molecular weight is 428 g/mol. The van der Waals surface area contributed by atoms with Gasteiger partial charge in [0.15, 0.2) is 5.69 Å². The summed E-state index contributed by atoms with van der Waals surface area (Å²) in [6.45, 7) is 4.12. The highest BCUT2D eigenvalue weighted by Gasteiger charge is 2.24. The van der Waals surface area contributed by atoms with E-state index in [0.717, 1.165) is 5.56 Å². The van der Waals surface area contributed by atoms with Crippen molar-refractivity contribution in [3.63, 3.8) is 0 Å². The number of anilines is 1. The molecule has 0 saturated heterocycles. The second-order valence-corrected chi connectivity index (χ2v) is 7.81. The molecule has 0 N–H and O–H groups in total. The molecule has 32 heavy (non-hydrogen) atoms. The van der Waals surface area contributed by atoms with Gasteiger partial charge in [0.1, 0.15) is 5.75 Å². The van der Waals surface area contributed by atoms with Crippen LogP contribution in [0.4, 0.5) is 5.69 Å². The van der Waals surface area contributed by atoms with Crippen LogP contribution in [0.25, 0.3) is 10.8 Å². The fourth-order valence-electron chi connectivity index (χ4n) is 3.65. The molecule has 0 bridgehead atoms. The number of aromatic nitrogens is 2. The Morgan fingerprint density at radius 2 is 1.56 bits per heavy atom. The fourth-order valence-corrected chi connectivity index (χ4v) is 3.65. The summed E-state index contributed by atoms with van der Waals surface area (Å²) in [4.78, 5) is 28.5. The van der Waals surface area contributed by atoms with Gasteiger partial charge >= 0.3 is 0 Å². The van der Waals surface area contributed by atoms with Crippen molar-refractivity contribution < 1.29 is 9.53 Å². The van der Waals surface area contributed by atoms with Crippen LogP contribution in [0.5, 0.6) is 5.75 Å². The first-order valence-corrected chi connectivity index (χ1v) is 10.5. The van der Waals surface area contributed by atoms with E-state index in [4.69, 9.17) is 4.74 Å². The van der Waals surface area contributed by atoms with Gasteiger partial charge in [-0.1, -0.05) is 48.5 Å². The van der Waals surface area contributed by atoms with Crippen molar-refractivity contribution >= 4 is 22.4 Å². The molecule has 4 aromatic rings. The summed E-state index contributed by atoms with van der Waals surface area (Å²) in [6, 6.07) is 24.1. The highest BCUT2D eigenvalue weighted by Crippen LogP contribution is 2.25. The van der Waals surface area contributed by atoms with Crippen LogP contribution in [0, 0.1) is 0 Å². The Bertz CT molecular complexity index is 1300. The number of hydrogen-bond acceptors (Lipinski definition) is 4. The number of benzene rings is 3. The molecule has 162 valence electrons. The molecular weight excluding hydrogens is 402 g/mol. The van der Waals surface area contributed by atoms with E-state index in [-0.39, 0.29) is 23.2 Å². The zero-order valence-electron chi connectivity index (χ0n) is 18.4. The molecule has 1 aromatic heterocycles. The van der Waals surface area contributed by atoms with Crippen LogP contribution in [0.2, 0.25) is 0 Å². The molecular formula is C26H25N3O3. The summed E-state index contributed by atoms with van der Waals surface area (Å²) in [5, 5.41) is 5.54. The maximum absolute atomic E-state index is 13.9. The molecule has 6 heteroatoms. The molecule has 1 amide bonds. The molecule has 0 aliphatic heterocycles. The van der Waals surface area contributed by atoms with Crippen LogP contribution in [0.3, 0.4) is 0 Å². The molecule has 3 aromatic carbocycles. The zero-order valence-corrected chi connectivity index (χ0v) is 18.4.